The normalized spacial score (nSPS) is 12.7. The van der Waals surface area contributed by atoms with Crippen LogP contribution in [0.5, 0.6) is 11.5 Å². The highest BCUT2D eigenvalue weighted by molar-refractivity contribution is 5.82. The monoisotopic (exact) mass is 343 g/mol. The van der Waals surface area contributed by atoms with Crippen molar-refractivity contribution in [2.75, 3.05) is 0 Å². The molecular weight excluding hydrogens is 330 g/mol. The van der Waals surface area contributed by atoms with Gasteiger partial charge in [-0.05, 0) is 35.4 Å². The molecule has 0 aliphatic heterocycles. The highest BCUT2D eigenvalue weighted by Gasteiger charge is 2.30. The number of alkyl halides is 4. The molecule has 128 valence electrons. The number of amides is 1. The number of rotatable bonds is 4. The van der Waals surface area contributed by atoms with Crippen molar-refractivity contribution in [2.24, 2.45) is 0 Å². The average Bonchev–Trinajstić information content (AvgIpc) is 2.54. The standard InChI is InChI=1S/C16H13F4NO3/c17-14(10-2-4-11(5-3-10)16(18,19)20)15(24)21-8-9-1-6-12(22)13(23)7-9/h1-7,14,22-23H,8H2,(H,21,24). The summed E-state index contributed by atoms with van der Waals surface area (Å²) in [5, 5.41) is 20.7. The van der Waals surface area contributed by atoms with Crippen molar-refractivity contribution in [1.29, 1.82) is 0 Å². The van der Waals surface area contributed by atoms with Gasteiger partial charge in [-0.2, -0.15) is 13.2 Å². The summed E-state index contributed by atoms with van der Waals surface area (Å²) in [6.45, 7) is -0.117. The van der Waals surface area contributed by atoms with Gasteiger partial charge in [-0.1, -0.05) is 18.2 Å². The van der Waals surface area contributed by atoms with Gasteiger partial charge in [0.2, 0.25) is 6.17 Å². The van der Waals surface area contributed by atoms with Crippen molar-refractivity contribution in [3.05, 3.63) is 59.2 Å². The summed E-state index contributed by atoms with van der Waals surface area (Å²) in [5.41, 5.74) is -0.717. The first-order valence-corrected chi connectivity index (χ1v) is 6.78. The highest BCUT2D eigenvalue weighted by Crippen LogP contribution is 2.30. The Morgan fingerprint density at radius 3 is 2.21 bits per heavy atom. The van der Waals surface area contributed by atoms with Gasteiger partial charge >= 0.3 is 6.18 Å². The Hall–Kier alpha value is -2.77. The van der Waals surface area contributed by atoms with Gasteiger partial charge in [-0.25, -0.2) is 4.39 Å². The fourth-order valence-corrected chi connectivity index (χ4v) is 1.95. The fraction of sp³-hybridized carbons (Fsp3) is 0.188. The van der Waals surface area contributed by atoms with Crippen molar-refractivity contribution in [2.45, 2.75) is 18.9 Å². The summed E-state index contributed by atoms with van der Waals surface area (Å²) in [4.78, 5) is 11.7. The molecule has 2 aromatic carbocycles. The van der Waals surface area contributed by atoms with E-state index in [1.807, 2.05) is 0 Å². The lowest BCUT2D eigenvalue weighted by Crippen LogP contribution is -2.27. The zero-order chi connectivity index (χ0) is 17.9. The number of carbonyl (C=O) groups excluding carboxylic acids is 1. The molecule has 0 aliphatic rings. The number of hydrogen-bond donors (Lipinski definition) is 3. The van der Waals surface area contributed by atoms with E-state index in [0.717, 1.165) is 12.1 Å². The molecule has 4 nitrogen and oxygen atoms in total. The van der Waals surface area contributed by atoms with Crippen LogP contribution in [-0.2, 0) is 17.5 Å². The van der Waals surface area contributed by atoms with E-state index in [2.05, 4.69) is 5.32 Å². The van der Waals surface area contributed by atoms with Gasteiger partial charge in [0.15, 0.2) is 11.5 Å². The van der Waals surface area contributed by atoms with Crippen LogP contribution in [0, 0.1) is 0 Å². The number of nitrogens with one attached hydrogen (secondary N) is 1. The Bertz CT molecular complexity index is 729. The fourth-order valence-electron chi connectivity index (χ4n) is 1.95. The van der Waals surface area contributed by atoms with E-state index in [0.29, 0.717) is 17.7 Å². The molecule has 0 spiro atoms. The molecule has 1 unspecified atom stereocenters. The molecule has 0 aromatic heterocycles. The van der Waals surface area contributed by atoms with Gasteiger partial charge in [0, 0.05) is 6.54 Å². The van der Waals surface area contributed by atoms with Crippen LogP contribution < -0.4 is 5.32 Å². The molecule has 0 fully saturated rings. The largest absolute Gasteiger partial charge is 0.504 e. The molecule has 2 aromatic rings. The summed E-state index contributed by atoms with van der Waals surface area (Å²) in [5.74, 6) is -1.75. The lowest BCUT2D eigenvalue weighted by molar-refractivity contribution is -0.137. The van der Waals surface area contributed by atoms with Gasteiger partial charge in [0.25, 0.3) is 5.91 Å². The van der Waals surface area contributed by atoms with Gasteiger partial charge in [0.1, 0.15) is 0 Å². The van der Waals surface area contributed by atoms with Gasteiger partial charge in [-0.15, -0.1) is 0 Å². The maximum absolute atomic E-state index is 14.0. The van der Waals surface area contributed by atoms with Gasteiger partial charge in [-0.3, -0.25) is 4.79 Å². The van der Waals surface area contributed by atoms with Crippen LogP contribution in [0.4, 0.5) is 17.6 Å². The quantitative estimate of drug-likeness (QED) is 0.588. The van der Waals surface area contributed by atoms with Crippen molar-refractivity contribution >= 4 is 5.91 Å². The maximum Gasteiger partial charge on any atom is 0.416 e. The van der Waals surface area contributed by atoms with E-state index in [4.69, 9.17) is 5.11 Å². The van der Waals surface area contributed by atoms with E-state index < -0.39 is 23.8 Å². The minimum atomic E-state index is -4.53. The lowest BCUT2D eigenvalue weighted by atomic mass is 10.1. The van der Waals surface area contributed by atoms with Crippen LogP contribution in [0.15, 0.2) is 42.5 Å². The molecular formula is C16H13F4NO3. The molecule has 0 aliphatic carbocycles. The summed E-state index contributed by atoms with van der Waals surface area (Å²) in [7, 11) is 0. The Morgan fingerprint density at radius 1 is 1.04 bits per heavy atom. The first-order chi connectivity index (χ1) is 11.2. The Kier molecular flexibility index (Phi) is 4.96. The minimum absolute atomic E-state index is 0.117. The predicted octanol–water partition coefficient (Wildman–Crippen LogP) is 3.44. The topological polar surface area (TPSA) is 69.6 Å². The second-order valence-electron chi connectivity index (χ2n) is 5.02. The lowest BCUT2D eigenvalue weighted by Gasteiger charge is -2.12. The van der Waals surface area contributed by atoms with E-state index in [9.17, 15) is 27.5 Å². The molecule has 8 heteroatoms. The van der Waals surface area contributed by atoms with Crippen molar-refractivity contribution in [3.8, 4) is 11.5 Å². The molecule has 1 atom stereocenters. The number of aromatic hydroxyl groups is 2. The van der Waals surface area contributed by atoms with Crippen LogP contribution in [0.3, 0.4) is 0 Å². The Balaban J connectivity index is 2.00. The molecule has 0 saturated carbocycles. The van der Waals surface area contributed by atoms with Crippen LogP contribution in [0.2, 0.25) is 0 Å². The van der Waals surface area contributed by atoms with Crippen molar-refractivity contribution in [3.63, 3.8) is 0 Å². The zero-order valence-electron chi connectivity index (χ0n) is 12.1. The van der Waals surface area contributed by atoms with Crippen LogP contribution in [-0.4, -0.2) is 16.1 Å². The predicted molar refractivity (Wildman–Crippen MR) is 76.9 cm³/mol. The number of carbonyl (C=O) groups is 1. The van der Waals surface area contributed by atoms with E-state index in [1.165, 1.54) is 18.2 Å². The third kappa shape index (κ3) is 4.15. The van der Waals surface area contributed by atoms with Crippen LogP contribution in [0.1, 0.15) is 22.9 Å². The first kappa shape index (κ1) is 17.6. The Morgan fingerprint density at radius 2 is 1.67 bits per heavy atom. The highest BCUT2D eigenvalue weighted by atomic mass is 19.4. The van der Waals surface area contributed by atoms with Gasteiger partial charge in [0.05, 0.1) is 5.56 Å². The van der Waals surface area contributed by atoms with Gasteiger partial charge < -0.3 is 15.5 Å². The molecule has 0 heterocycles. The Labute approximate surface area is 134 Å². The summed E-state index contributed by atoms with van der Waals surface area (Å²) < 4.78 is 51.3. The zero-order valence-corrected chi connectivity index (χ0v) is 12.1. The molecule has 2 rings (SSSR count). The molecule has 3 N–H and O–H groups in total. The summed E-state index contributed by atoms with van der Waals surface area (Å²) in [6, 6.07) is 7.03. The molecule has 1 amide bonds. The van der Waals surface area contributed by atoms with Crippen LogP contribution >= 0.6 is 0 Å². The smallest absolute Gasteiger partial charge is 0.416 e. The number of phenols is 2. The SMILES string of the molecule is O=C(NCc1ccc(O)c(O)c1)C(F)c1ccc(C(F)(F)F)cc1. The first-order valence-electron chi connectivity index (χ1n) is 6.78. The van der Waals surface area contributed by atoms with Crippen molar-refractivity contribution in [1.82, 2.24) is 5.32 Å². The second-order valence-corrected chi connectivity index (χ2v) is 5.02. The minimum Gasteiger partial charge on any atom is -0.504 e. The van der Waals surface area contributed by atoms with E-state index >= 15 is 0 Å². The van der Waals surface area contributed by atoms with Crippen LogP contribution in [0.25, 0.3) is 0 Å². The number of benzene rings is 2. The summed E-state index contributed by atoms with van der Waals surface area (Å²) in [6.07, 6.45) is -6.66. The number of phenolic OH excluding ortho intramolecular Hbond substituents is 2. The molecule has 0 radical (unpaired) electrons. The average molecular weight is 343 g/mol. The third-order valence-corrected chi connectivity index (χ3v) is 3.27. The molecule has 0 bridgehead atoms. The summed E-state index contributed by atoms with van der Waals surface area (Å²) >= 11 is 0. The van der Waals surface area contributed by atoms with Crippen molar-refractivity contribution < 1.29 is 32.6 Å². The number of halogens is 4. The molecule has 0 saturated heterocycles. The number of hydrogen-bond acceptors (Lipinski definition) is 3. The maximum atomic E-state index is 14.0. The van der Waals surface area contributed by atoms with E-state index in [-0.39, 0.29) is 23.6 Å². The second kappa shape index (κ2) is 6.77. The third-order valence-electron chi connectivity index (χ3n) is 3.27. The van der Waals surface area contributed by atoms with E-state index in [1.54, 1.807) is 0 Å². The molecule has 24 heavy (non-hydrogen) atoms.